The third-order valence-electron chi connectivity index (χ3n) is 2.41. The first-order chi connectivity index (χ1) is 7.58. The second-order valence-electron chi connectivity index (χ2n) is 3.89. The van der Waals surface area contributed by atoms with Gasteiger partial charge in [-0.1, -0.05) is 0 Å². The predicted molar refractivity (Wildman–Crippen MR) is 75.8 cm³/mol. The maximum absolute atomic E-state index is 6.06. The van der Waals surface area contributed by atoms with E-state index in [-0.39, 0.29) is 12.1 Å². The minimum absolute atomic E-state index is 0.0498. The lowest BCUT2D eigenvalue weighted by molar-refractivity contribution is 0.460. The Hall–Kier alpha value is -0.400. The van der Waals surface area contributed by atoms with E-state index in [1.165, 1.54) is 9.75 Å². The fourth-order valence-electron chi connectivity index (χ4n) is 1.71. The number of nitrogens with two attached hydrogens (primary N) is 1. The summed E-state index contributed by atoms with van der Waals surface area (Å²) in [6.07, 6.45) is 3.89. The lowest BCUT2D eigenvalue weighted by atomic mass is 10.1. The highest BCUT2D eigenvalue weighted by Crippen LogP contribution is 2.27. The quantitative estimate of drug-likeness (QED) is 0.868. The minimum atomic E-state index is 0.0498. The molecule has 0 amide bonds. The molecule has 0 spiro atoms. The van der Waals surface area contributed by atoms with Gasteiger partial charge in [-0.2, -0.15) is 5.10 Å². The van der Waals surface area contributed by atoms with E-state index in [4.69, 9.17) is 5.73 Å². The molecule has 2 rings (SSSR count). The highest BCUT2D eigenvalue weighted by molar-refractivity contribution is 14.1. The molecule has 0 aromatic carbocycles. The summed E-state index contributed by atoms with van der Waals surface area (Å²) in [6, 6.07) is 4.46. The number of hydrogen-bond acceptors (Lipinski definition) is 3. The molecule has 0 aliphatic carbocycles. The molecule has 2 unspecified atom stereocenters. The number of nitrogens with zero attached hydrogens (tertiary/aromatic N) is 2. The van der Waals surface area contributed by atoms with Gasteiger partial charge in [0.2, 0.25) is 0 Å². The summed E-state index contributed by atoms with van der Waals surface area (Å²) in [4.78, 5) is 2.58. The number of aryl methyl sites for hydroxylation is 1. The molecule has 2 aromatic heterocycles. The first kappa shape index (κ1) is 12.1. The smallest absolute Gasteiger partial charge is 0.101 e. The normalized spacial score (nSPS) is 15.0. The van der Waals surface area contributed by atoms with Gasteiger partial charge in [-0.05, 0) is 48.6 Å². The van der Waals surface area contributed by atoms with E-state index in [0.717, 1.165) is 3.57 Å². The van der Waals surface area contributed by atoms with E-state index in [2.05, 4.69) is 46.7 Å². The fourth-order valence-corrected chi connectivity index (χ4v) is 3.21. The van der Waals surface area contributed by atoms with Crippen LogP contribution in [-0.4, -0.2) is 15.8 Å². The van der Waals surface area contributed by atoms with Crippen molar-refractivity contribution in [1.29, 1.82) is 0 Å². The van der Waals surface area contributed by atoms with Crippen LogP contribution in [0.3, 0.4) is 0 Å². The summed E-state index contributed by atoms with van der Waals surface area (Å²) in [6.45, 7) is 4.13. The molecule has 2 aromatic rings. The maximum atomic E-state index is 6.06. The van der Waals surface area contributed by atoms with E-state index in [1.54, 1.807) is 11.3 Å². The van der Waals surface area contributed by atoms with Gasteiger partial charge < -0.3 is 5.73 Å². The summed E-state index contributed by atoms with van der Waals surface area (Å²) in [5, 5.41) is 4.36. The van der Waals surface area contributed by atoms with Crippen molar-refractivity contribution in [3.8, 4) is 0 Å². The van der Waals surface area contributed by atoms with Gasteiger partial charge >= 0.3 is 0 Å². The molecule has 3 nitrogen and oxygen atoms in total. The van der Waals surface area contributed by atoms with Crippen LogP contribution < -0.4 is 5.73 Å². The van der Waals surface area contributed by atoms with Crippen LogP contribution in [0.1, 0.15) is 22.7 Å². The van der Waals surface area contributed by atoms with Crippen molar-refractivity contribution in [3.63, 3.8) is 0 Å². The number of aromatic nitrogens is 2. The molecule has 0 aliphatic heterocycles. The van der Waals surface area contributed by atoms with Crippen LogP contribution in [0.25, 0.3) is 0 Å². The monoisotopic (exact) mass is 347 g/mol. The fraction of sp³-hybridized carbons (Fsp3) is 0.364. The van der Waals surface area contributed by atoms with E-state index in [0.29, 0.717) is 0 Å². The van der Waals surface area contributed by atoms with Gasteiger partial charge in [0.25, 0.3) is 0 Å². The Labute approximate surface area is 113 Å². The number of rotatable bonds is 3. The molecule has 2 N–H and O–H groups in total. The second-order valence-corrected chi connectivity index (χ2v) is 6.46. The maximum Gasteiger partial charge on any atom is 0.101 e. The molecule has 86 valence electrons. The standard InChI is InChI=1S/C11H14IN3S/c1-7-3-4-10(16-7)11(8(2)13)15-6-9(12)5-14-15/h3-6,8,11H,13H2,1-2H3. The summed E-state index contributed by atoms with van der Waals surface area (Å²) in [5.41, 5.74) is 6.06. The van der Waals surface area contributed by atoms with Crippen LogP contribution in [0, 0.1) is 10.5 Å². The Morgan fingerprint density at radius 3 is 2.69 bits per heavy atom. The third-order valence-corrected chi connectivity index (χ3v) is 4.03. The lowest BCUT2D eigenvalue weighted by Gasteiger charge is -2.19. The van der Waals surface area contributed by atoms with Crippen molar-refractivity contribution in [2.24, 2.45) is 5.73 Å². The highest BCUT2D eigenvalue weighted by Gasteiger charge is 2.20. The van der Waals surface area contributed by atoms with Gasteiger partial charge in [-0.3, -0.25) is 4.68 Å². The zero-order valence-electron chi connectivity index (χ0n) is 9.22. The van der Waals surface area contributed by atoms with E-state index < -0.39 is 0 Å². The molecule has 0 bridgehead atoms. The average molecular weight is 347 g/mol. The van der Waals surface area contributed by atoms with Crippen LogP contribution >= 0.6 is 33.9 Å². The molecule has 0 saturated heterocycles. The number of thiophene rings is 1. The van der Waals surface area contributed by atoms with Gasteiger partial charge in [0.1, 0.15) is 6.04 Å². The molecule has 16 heavy (non-hydrogen) atoms. The summed E-state index contributed by atoms with van der Waals surface area (Å²) < 4.78 is 3.09. The van der Waals surface area contributed by atoms with Gasteiger partial charge in [0.15, 0.2) is 0 Å². The SMILES string of the molecule is Cc1ccc(C(C(C)N)n2cc(I)cn2)s1. The largest absolute Gasteiger partial charge is 0.326 e. The predicted octanol–water partition coefficient (Wildman–Crippen LogP) is 2.79. The van der Waals surface area contributed by atoms with Crippen molar-refractivity contribution in [2.45, 2.75) is 25.9 Å². The lowest BCUT2D eigenvalue weighted by Crippen LogP contribution is -2.29. The molecular weight excluding hydrogens is 333 g/mol. The van der Waals surface area contributed by atoms with Crippen LogP contribution in [0.2, 0.25) is 0 Å². The van der Waals surface area contributed by atoms with Gasteiger partial charge in [0.05, 0.1) is 9.77 Å². The summed E-state index contributed by atoms with van der Waals surface area (Å²) >= 11 is 4.05. The van der Waals surface area contributed by atoms with E-state index >= 15 is 0 Å². The van der Waals surface area contributed by atoms with E-state index in [1.807, 2.05) is 24.0 Å². The Morgan fingerprint density at radius 2 is 2.25 bits per heavy atom. The average Bonchev–Trinajstić information content (AvgIpc) is 2.76. The van der Waals surface area contributed by atoms with Gasteiger partial charge in [-0.25, -0.2) is 0 Å². The first-order valence-electron chi connectivity index (χ1n) is 5.09. The molecule has 2 atom stereocenters. The Kier molecular flexibility index (Phi) is 3.66. The van der Waals surface area contributed by atoms with Crippen LogP contribution in [-0.2, 0) is 0 Å². The van der Waals surface area contributed by atoms with Crippen molar-refractivity contribution in [3.05, 3.63) is 37.9 Å². The summed E-state index contributed by atoms with van der Waals surface area (Å²) in [7, 11) is 0. The van der Waals surface area contributed by atoms with Gasteiger partial charge in [-0.15, -0.1) is 11.3 Å². The van der Waals surface area contributed by atoms with Crippen molar-refractivity contribution < 1.29 is 0 Å². The van der Waals surface area contributed by atoms with Crippen molar-refractivity contribution in [2.75, 3.05) is 0 Å². The number of hydrogen-bond donors (Lipinski definition) is 1. The topological polar surface area (TPSA) is 43.8 Å². The zero-order chi connectivity index (χ0) is 11.7. The Morgan fingerprint density at radius 1 is 1.50 bits per heavy atom. The van der Waals surface area contributed by atoms with Crippen LogP contribution in [0.5, 0.6) is 0 Å². The van der Waals surface area contributed by atoms with Crippen LogP contribution in [0.4, 0.5) is 0 Å². The Balaban J connectivity index is 2.38. The Bertz CT molecular complexity index is 435. The molecule has 2 heterocycles. The first-order valence-corrected chi connectivity index (χ1v) is 6.99. The van der Waals surface area contributed by atoms with Crippen molar-refractivity contribution in [1.82, 2.24) is 9.78 Å². The molecule has 0 saturated carbocycles. The second kappa shape index (κ2) is 4.85. The molecule has 0 fully saturated rings. The molecule has 0 radical (unpaired) electrons. The third kappa shape index (κ3) is 2.46. The van der Waals surface area contributed by atoms with E-state index in [9.17, 15) is 0 Å². The van der Waals surface area contributed by atoms with Gasteiger partial charge in [0, 0.05) is 22.0 Å². The molecular formula is C11H14IN3S. The molecule has 5 heteroatoms. The highest BCUT2D eigenvalue weighted by atomic mass is 127. The molecule has 0 aliphatic rings. The summed E-state index contributed by atoms with van der Waals surface area (Å²) in [5.74, 6) is 0. The number of halogens is 1. The van der Waals surface area contributed by atoms with Crippen LogP contribution in [0.15, 0.2) is 24.5 Å². The van der Waals surface area contributed by atoms with Crippen molar-refractivity contribution >= 4 is 33.9 Å². The minimum Gasteiger partial charge on any atom is -0.326 e. The zero-order valence-corrected chi connectivity index (χ0v) is 12.2.